The summed E-state index contributed by atoms with van der Waals surface area (Å²) in [5.74, 6) is 2.22. The highest BCUT2D eigenvalue weighted by molar-refractivity contribution is 5.65. The number of anilines is 2. The third-order valence-corrected chi connectivity index (χ3v) is 4.78. The molecule has 0 saturated heterocycles. The largest absolute Gasteiger partial charge is 0.340 e. The van der Waals surface area contributed by atoms with E-state index < -0.39 is 0 Å². The van der Waals surface area contributed by atoms with Crippen molar-refractivity contribution in [2.24, 2.45) is 0 Å². The highest BCUT2D eigenvalue weighted by Crippen LogP contribution is 2.29. The number of hydrogen-bond donors (Lipinski definition) is 1. The van der Waals surface area contributed by atoms with Crippen molar-refractivity contribution < 1.29 is 0 Å². The zero-order valence-electron chi connectivity index (χ0n) is 16.6. The standard InChI is InChI=1S/C24H29N3/c1-4-9-20(10-5-2)24-26-22(19-11-7-6-8-12-19)17-23(27-24)25-21-15-13-18(3)14-16-21/h6-8,11-17,20H,4-5,9-10H2,1-3H3,(H,25,26,27). The van der Waals surface area contributed by atoms with E-state index in [0.717, 1.165) is 54.3 Å². The Morgan fingerprint density at radius 3 is 2.15 bits per heavy atom. The van der Waals surface area contributed by atoms with Crippen molar-refractivity contribution in [3.05, 3.63) is 72.1 Å². The van der Waals surface area contributed by atoms with Crippen molar-refractivity contribution in [1.82, 2.24) is 9.97 Å². The molecular weight excluding hydrogens is 330 g/mol. The van der Waals surface area contributed by atoms with Crippen LogP contribution in [-0.2, 0) is 0 Å². The second kappa shape index (κ2) is 9.31. The van der Waals surface area contributed by atoms with Crippen LogP contribution in [0.3, 0.4) is 0 Å². The fourth-order valence-electron chi connectivity index (χ4n) is 3.35. The summed E-state index contributed by atoms with van der Waals surface area (Å²) in [5, 5.41) is 3.47. The third kappa shape index (κ3) is 5.16. The van der Waals surface area contributed by atoms with E-state index in [1.54, 1.807) is 0 Å². The van der Waals surface area contributed by atoms with Crippen LogP contribution in [0.5, 0.6) is 0 Å². The van der Waals surface area contributed by atoms with Gasteiger partial charge in [0.25, 0.3) is 0 Å². The maximum Gasteiger partial charge on any atom is 0.134 e. The fourth-order valence-corrected chi connectivity index (χ4v) is 3.35. The molecule has 3 aromatic rings. The Hall–Kier alpha value is -2.68. The summed E-state index contributed by atoms with van der Waals surface area (Å²) < 4.78 is 0. The zero-order chi connectivity index (χ0) is 19.1. The average molecular weight is 360 g/mol. The van der Waals surface area contributed by atoms with E-state index in [9.17, 15) is 0 Å². The van der Waals surface area contributed by atoms with Crippen LogP contribution >= 0.6 is 0 Å². The van der Waals surface area contributed by atoms with Crippen molar-refractivity contribution in [2.75, 3.05) is 5.32 Å². The maximum atomic E-state index is 4.95. The van der Waals surface area contributed by atoms with Gasteiger partial charge in [0.2, 0.25) is 0 Å². The molecule has 1 aromatic heterocycles. The van der Waals surface area contributed by atoms with E-state index in [-0.39, 0.29) is 0 Å². The molecule has 0 aliphatic rings. The Labute approximate surface area is 162 Å². The van der Waals surface area contributed by atoms with Crippen LogP contribution in [0.15, 0.2) is 60.7 Å². The molecule has 3 heteroatoms. The van der Waals surface area contributed by atoms with Gasteiger partial charge in [-0.3, -0.25) is 0 Å². The topological polar surface area (TPSA) is 37.8 Å². The molecule has 3 rings (SSSR count). The van der Waals surface area contributed by atoms with Crippen molar-refractivity contribution in [3.8, 4) is 11.3 Å². The normalized spacial score (nSPS) is 11.0. The average Bonchev–Trinajstić information content (AvgIpc) is 2.70. The third-order valence-electron chi connectivity index (χ3n) is 4.78. The van der Waals surface area contributed by atoms with Crippen LogP contribution in [-0.4, -0.2) is 9.97 Å². The molecule has 140 valence electrons. The maximum absolute atomic E-state index is 4.95. The first-order chi connectivity index (χ1) is 13.2. The van der Waals surface area contributed by atoms with Crippen LogP contribution in [0.25, 0.3) is 11.3 Å². The first-order valence-electron chi connectivity index (χ1n) is 9.97. The van der Waals surface area contributed by atoms with Gasteiger partial charge < -0.3 is 5.32 Å². The molecule has 0 atom stereocenters. The molecule has 0 bridgehead atoms. The Balaban J connectivity index is 2.00. The minimum atomic E-state index is 0.405. The molecule has 0 aliphatic carbocycles. The molecule has 0 radical (unpaired) electrons. The smallest absolute Gasteiger partial charge is 0.134 e. The van der Waals surface area contributed by atoms with Crippen LogP contribution in [0.4, 0.5) is 11.5 Å². The monoisotopic (exact) mass is 359 g/mol. The van der Waals surface area contributed by atoms with Crippen LogP contribution in [0.2, 0.25) is 0 Å². The van der Waals surface area contributed by atoms with Gasteiger partial charge >= 0.3 is 0 Å². The van der Waals surface area contributed by atoms with Crippen molar-refractivity contribution in [1.29, 1.82) is 0 Å². The highest BCUT2D eigenvalue weighted by atomic mass is 15.0. The number of benzene rings is 2. The van der Waals surface area contributed by atoms with Crippen LogP contribution in [0.1, 0.15) is 56.8 Å². The lowest BCUT2D eigenvalue weighted by Gasteiger charge is -2.17. The molecular formula is C24H29N3. The SMILES string of the molecule is CCCC(CCC)c1nc(Nc2ccc(C)cc2)cc(-c2ccccc2)n1. The lowest BCUT2D eigenvalue weighted by molar-refractivity contribution is 0.535. The van der Waals surface area contributed by atoms with Crippen molar-refractivity contribution in [2.45, 2.75) is 52.4 Å². The molecule has 1 N–H and O–H groups in total. The van der Waals surface area contributed by atoms with E-state index in [2.05, 4.69) is 74.6 Å². The molecule has 0 unspecified atom stereocenters. The summed E-state index contributed by atoms with van der Waals surface area (Å²) in [6.45, 7) is 6.56. The van der Waals surface area contributed by atoms with Gasteiger partial charge in [0, 0.05) is 23.2 Å². The van der Waals surface area contributed by atoms with Crippen molar-refractivity contribution in [3.63, 3.8) is 0 Å². The molecule has 0 aliphatic heterocycles. The van der Waals surface area contributed by atoms with Gasteiger partial charge in [0.1, 0.15) is 11.6 Å². The highest BCUT2D eigenvalue weighted by Gasteiger charge is 2.16. The molecule has 3 nitrogen and oxygen atoms in total. The van der Waals surface area contributed by atoms with E-state index in [4.69, 9.17) is 9.97 Å². The van der Waals surface area contributed by atoms with Gasteiger partial charge in [-0.1, -0.05) is 74.7 Å². The number of aromatic nitrogens is 2. The summed E-state index contributed by atoms with van der Waals surface area (Å²) in [6, 6.07) is 20.8. The summed E-state index contributed by atoms with van der Waals surface area (Å²) in [4.78, 5) is 9.84. The minimum Gasteiger partial charge on any atom is -0.340 e. The first kappa shape index (κ1) is 19.1. The van der Waals surface area contributed by atoms with Gasteiger partial charge in [-0.15, -0.1) is 0 Å². The zero-order valence-corrected chi connectivity index (χ0v) is 16.6. The predicted octanol–water partition coefficient (Wildman–Crippen LogP) is 6.88. The van der Waals surface area contributed by atoms with Gasteiger partial charge in [0.15, 0.2) is 0 Å². The number of nitrogens with one attached hydrogen (secondary N) is 1. The van der Waals surface area contributed by atoms with Gasteiger partial charge in [-0.05, 0) is 31.9 Å². The second-order valence-electron chi connectivity index (χ2n) is 7.13. The predicted molar refractivity (Wildman–Crippen MR) is 114 cm³/mol. The van der Waals surface area contributed by atoms with E-state index in [1.807, 2.05) is 12.1 Å². The summed E-state index contributed by atoms with van der Waals surface area (Å²) >= 11 is 0. The van der Waals surface area contributed by atoms with E-state index >= 15 is 0 Å². The number of nitrogens with zero attached hydrogens (tertiary/aromatic N) is 2. The van der Waals surface area contributed by atoms with E-state index in [1.165, 1.54) is 5.56 Å². The Kier molecular flexibility index (Phi) is 6.59. The molecule has 2 aromatic carbocycles. The molecule has 0 saturated carbocycles. The summed E-state index contributed by atoms with van der Waals surface area (Å²) in [7, 11) is 0. The number of hydrogen-bond acceptors (Lipinski definition) is 3. The lowest BCUT2D eigenvalue weighted by Crippen LogP contribution is -2.08. The van der Waals surface area contributed by atoms with Crippen LogP contribution in [0, 0.1) is 6.92 Å². The Morgan fingerprint density at radius 1 is 0.852 bits per heavy atom. The Morgan fingerprint density at radius 2 is 1.52 bits per heavy atom. The molecule has 0 spiro atoms. The quantitative estimate of drug-likeness (QED) is 0.476. The second-order valence-corrected chi connectivity index (χ2v) is 7.13. The van der Waals surface area contributed by atoms with Gasteiger partial charge in [-0.2, -0.15) is 0 Å². The molecule has 0 fully saturated rings. The summed E-state index contributed by atoms with van der Waals surface area (Å²) in [6.07, 6.45) is 4.53. The Bertz CT molecular complexity index is 835. The lowest BCUT2D eigenvalue weighted by atomic mass is 9.97. The number of aryl methyl sites for hydroxylation is 1. The van der Waals surface area contributed by atoms with Crippen LogP contribution < -0.4 is 5.32 Å². The summed E-state index contributed by atoms with van der Waals surface area (Å²) in [5.41, 5.74) is 4.40. The van der Waals surface area contributed by atoms with Gasteiger partial charge in [0.05, 0.1) is 5.69 Å². The number of rotatable bonds is 8. The fraction of sp³-hybridized carbons (Fsp3) is 0.333. The first-order valence-corrected chi connectivity index (χ1v) is 9.97. The van der Waals surface area contributed by atoms with Crippen molar-refractivity contribution >= 4 is 11.5 Å². The van der Waals surface area contributed by atoms with E-state index in [0.29, 0.717) is 5.92 Å². The van der Waals surface area contributed by atoms with Gasteiger partial charge in [-0.25, -0.2) is 9.97 Å². The molecule has 1 heterocycles. The molecule has 0 amide bonds. The minimum absolute atomic E-state index is 0.405. The molecule has 27 heavy (non-hydrogen) atoms.